The first-order valence-electron chi connectivity index (χ1n) is 24.1. The van der Waals surface area contributed by atoms with E-state index in [1.54, 1.807) is 92.1 Å². The molecule has 0 spiro atoms. The summed E-state index contributed by atoms with van der Waals surface area (Å²) in [6.07, 6.45) is 11.0. The van der Waals surface area contributed by atoms with Gasteiger partial charge in [0.25, 0.3) is 0 Å². The Kier molecular flexibility index (Phi) is 15.5. The van der Waals surface area contributed by atoms with E-state index in [-0.39, 0.29) is 28.2 Å². The first kappa shape index (κ1) is 51.2. The number of nitrogens with zero attached hydrogens (tertiary/aromatic N) is 4. The average molecular weight is 1020 g/mol. The van der Waals surface area contributed by atoms with E-state index in [0.29, 0.717) is 57.1 Å². The normalized spacial score (nSPS) is 12.5. The Hall–Kier alpha value is -9.70. The van der Waals surface area contributed by atoms with Crippen molar-refractivity contribution in [1.82, 2.24) is 19.9 Å². The third-order valence-electron chi connectivity index (χ3n) is 12.5. The molecule has 2 aliphatic rings. The van der Waals surface area contributed by atoms with Crippen LogP contribution in [0.15, 0.2) is 177 Å². The zero-order valence-electron chi connectivity index (χ0n) is 40.7. The number of carboxylic acid groups (broad SMARTS) is 3. The molecule has 380 valence electrons. The van der Waals surface area contributed by atoms with Crippen LogP contribution in [-0.4, -0.2) is 53.2 Å². The van der Waals surface area contributed by atoms with Gasteiger partial charge in [0, 0.05) is 11.1 Å². The van der Waals surface area contributed by atoms with Gasteiger partial charge in [0.1, 0.15) is 5.82 Å². The number of aryl methyl sites for hydroxylation is 1. The maximum atomic E-state index is 13.9. The Balaban J connectivity index is 0.000000139. The minimum atomic E-state index is -1.06. The first-order chi connectivity index (χ1) is 36.8. The zero-order valence-corrected chi connectivity index (χ0v) is 40.7. The molecule has 0 unspecified atom stereocenters. The highest BCUT2D eigenvalue weighted by molar-refractivity contribution is 5.97. The molecule has 0 amide bonds. The summed E-state index contributed by atoms with van der Waals surface area (Å²) in [6.45, 7) is 1.80. The molecule has 0 aliphatic heterocycles. The standard InChI is InChI=1S/C21H17FN2O2.C21H18N2O2.C18H13F2N3O2/c22-18-4-2-1-3-16(18)19-10-8-15(12-23-19)24-20-9-7-14(13-5-6-13)11-17(20)21(25)26;24-21(25)18-12-16(14-6-7-14)8-10-20(18)23-17-9-11-19(22-13-17)15-4-2-1-3-5-15;1-10-2-4-15(12(6-10)18(24)25)23-11-3-5-16(22-7-11)17-13(19)8-21-9-14(17)20/h1-4,7-13,24H,5-6H2,(H,25,26);1-5,8-14,23H,6-7H2,(H,24,25);2-9,23H,1H3,(H,24,25). The summed E-state index contributed by atoms with van der Waals surface area (Å²) in [5.74, 6) is -3.87. The quantitative estimate of drug-likeness (QED) is 0.0602. The lowest BCUT2D eigenvalue weighted by atomic mass is 10.0. The van der Waals surface area contributed by atoms with E-state index in [1.807, 2.05) is 60.7 Å². The van der Waals surface area contributed by atoms with E-state index in [4.69, 9.17) is 0 Å². The van der Waals surface area contributed by atoms with Crippen molar-refractivity contribution in [2.75, 3.05) is 16.0 Å². The summed E-state index contributed by atoms with van der Waals surface area (Å²) in [7, 11) is 0. The molecule has 0 radical (unpaired) electrons. The Labute approximate surface area is 434 Å². The van der Waals surface area contributed by atoms with Crippen LogP contribution in [-0.2, 0) is 0 Å². The number of aromatic carboxylic acids is 3. The molecule has 76 heavy (non-hydrogen) atoms. The first-order valence-corrected chi connectivity index (χ1v) is 24.1. The van der Waals surface area contributed by atoms with Gasteiger partial charge in [-0.3, -0.25) is 19.9 Å². The van der Waals surface area contributed by atoms with Crippen molar-refractivity contribution in [3.8, 4) is 33.8 Å². The van der Waals surface area contributed by atoms with Crippen molar-refractivity contribution in [2.24, 2.45) is 0 Å². The fraction of sp³-hybridized carbons (Fsp3) is 0.117. The molecule has 0 bridgehead atoms. The molecule has 2 fully saturated rings. The number of nitrogens with one attached hydrogen (secondary N) is 3. The molecule has 9 aromatic rings. The minimum Gasteiger partial charge on any atom is -0.478 e. The number of benzene rings is 5. The summed E-state index contributed by atoms with van der Waals surface area (Å²) in [4.78, 5) is 50.7. The highest BCUT2D eigenvalue weighted by Crippen LogP contribution is 2.42. The van der Waals surface area contributed by atoms with Crippen molar-refractivity contribution in [3.05, 3.63) is 227 Å². The van der Waals surface area contributed by atoms with E-state index >= 15 is 0 Å². The molecule has 2 aliphatic carbocycles. The molecule has 6 N–H and O–H groups in total. The molecule has 4 heterocycles. The fourth-order valence-corrected chi connectivity index (χ4v) is 8.26. The second kappa shape index (κ2) is 23.0. The highest BCUT2D eigenvalue weighted by atomic mass is 19.1. The molecule has 2 saturated carbocycles. The summed E-state index contributed by atoms with van der Waals surface area (Å²) >= 11 is 0. The molecular weight excluding hydrogens is 972 g/mol. The van der Waals surface area contributed by atoms with E-state index in [9.17, 15) is 42.9 Å². The predicted molar refractivity (Wildman–Crippen MR) is 285 cm³/mol. The molecule has 4 aromatic heterocycles. The fourth-order valence-electron chi connectivity index (χ4n) is 8.26. The smallest absolute Gasteiger partial charge is 0.337 e. The number of anilines is 6. The van der Waals surface area contributed by atoms with Crippen LogP contribution in [0.5, 0.6) is 0 Å². The lowest BCUT2D eigenvalue weighted by Gasteiger charge is -2.12. The number of hydrogen-bond donors (Lipinski definition) is 6. The average Bonchev–Trinajstić information content (AvgIpc) is 4.37. The van der Waals surface area contributed by atoms with Crippen molar-refractivity contribution in [3.63, 3.8) is 0 Å². The summed E-state index contributed by atoms with van der Waals surface area (Å²) in [5.41, 5.74) is 9.81. The SMILES string of the molecule is Cc1ccc(Nc2ccc(-c3c(F)cncc3F)nc2)c(C(=O)O)c1.O=C(O)c1cc(C2CC2)ccc1Nc1ccc(-c2ccccc2)nc1.O=C(O)c1cc(C2CC2)ccc1Nc1ccc(-c2ccccc2F)nc1. The van der Waals surface area contributed by atoms with Crippen LogP contribution >= 0.6 is 0 Å². The number of pyridine rings is 4. The summed E-state index contributed by atoms with van der Waals surface area (Å²) in [5, 5.41) is 37.5. The van der Waals surface area contributed by atoms with Crippen molar-refractivity contribution < 1.29 is 42.9 Å². The van der Waals surface area contributed by atoms with E-state index < -0.39 is 29.5 Å². The topological polar surface area (TPSA) is 200 Å². The number of halogens is 3. The second-order valence-corrected chi connectivity index (χ2v) is 18.1. The van der Waals surface area contributed by atoms with Gasteiger partial charge in [0.15, 0.2) is 11.6 Å². The lowest BCUT2D eigenvalue weighted by molar-refractivity contribution is 0.0687. The largest absolute Gasteiger partial charge is 0.478 e. The Morgan fingerprint density at radius 1 is 0.461 bits per heavy atom. The van der Waals surface area contributed by atoms with E-state index in [1.165, 1.54) is 18.3 Å². The molecule has 0 saturated heterocycles. The second-order valence-electron chi connectivity index (χ2n) is 18.1. The van der Waals surface area contributed by atoms with Crippen LogP contribution in [0.1, 0.15) is 85.3 Å². The van der Waals surface area contributed by atoms with Crippen molar-refractivity contribution >= 4 is 52.0 Å². The Morgan fingerprint density at radius 2 is 0.895 bits per heavy atom. The van der Waals surface area contributed by atoms with Crippen LogP contribution in [0.25, 0.3) is 33.8 Å². The van der Waals surface area contributed by atoms with E-state index in [2.05, 4.69) is 35.9 Å². The molecule has 13 nitrogen and oxygen atoms in total. The van der Waals surface area contributed by atoms with Crippen LogP contribution < -0.4 is 16.0 Å². The third kappa shape index (κ3) is 12.7. The van der Waals surface area contributed by atoms with Crippen LogP contribution in [0.2, 0.25) is 0 Å². The number of hydrogen-bond acceptors (Lipinski definition) is 10. The number of aromatic nitrogens is 4. The highest BCUT2D eigenvalue weighted by Gasteiger charge is 2.26. The number of rotatable bonds is 14. The van der Waals surface area contributed by atoms with Crippen molar-refractivity contribution in [2.45, 2.75) is 44.4 Å². The third-order valence-corrected chi connectivity index (χ3v) is 12.5. The van der Waals surface area contributed by atoms with Gasteiger partial charge < -0.3 is 31.3 Å². The van der Waals surface area contributed by atoms with Gasteiger partial charge in [-0.15, -0.1) is 0 Å². The van der Waals surface area contributed by atoms with Crippen LogP contribution in [0.4, 0.5) is 47.3 Å². The molecule has 16 heteroatoms. The van der Waals surface area contributed by atoms with Gasteiger partial charge in [0.2, 0.25) is 0 Å². The van der Waals surface area contributed by atoms with Gasteiger partial charge in [-0.25, -0.2) is 27.6 Å². The minimum absolute atomic E-state index is 0.116. The maximum Gasteiger partial charge on any atom is 0.337 e. The predicted octanol–water partition coefficient (Wildman–Crippen LogP) is 14.4. The lowest BCUT2D eigenvalue weighted by Crippen LogP contribution is -2.04. The Bertz CT molecular complexity index is 3540. The summed E-state index contributed by atoms with van der Waals surface area (Å²) in [6, 6.07) is 42.8. The van der Waals surface area contributed by atoms with Gasteiger partial charge in [-0.05, 0) is 140 Å². The molecule has 5 aromatic carbocycles. The molecular formula is C60H48F3N7O6. The number of carboxylic acids is 3. The van der Waals surface area contributed by atoms with Crippen LogP contribution in [0.3, 0.4) is 0 Å². The van der Waals surface area contributed by atoms with Gasteiger partial charge in [0.05, 0.1) is 104 Å². The van der Waals surface area contributed by atoms with Crippen LogP contribution in [0, 0.1) is 24.4 Å². The maximum absolute atomic E-state index is 13.9. The van der Waals surface area contributed by atoms with E-state index in [0.717, 1.165) is 71.7 Å². The monoisotopic (exact) mass is 1020 g/mol. The number of carbonyl (C=O) groups is 3. The summed E-state index contributed by atoms with van der Waals surface area (Å²) < 4.78 is 41.3. The van der Waals surface area contributed by atoms with Gasteiger partial charge >= 0.3 is 17.9 Å². The van der Waals surface area contributed by atoms with Gasteiger partial charge in [-0.1, -0.05) is 66.2 Å². The molecule has 11 rings (SSSR count). The van der Waals surface area contributed by atoms with Gasteiger partial charge in [-0.2, -0.15) is 0 Å². The van der Waals surface area contributed by atoms with Crippen molar-refractivity contribution in [1.29, 1.82) is 0 Å². The zero-order chi connectivity index (χ0) is 53.3. The Morgan fingerprint density at radius 3 is 1.34 bits per heavy atom. The molecule has 0 atom stereocenters.